The zero-order valence-electron chi connectivity index (χ0n) is 11.6. The van der Waals surface area contributed by atoms with Crippen LogP contribution in [0.25, 0.3) is 0 Å². The van der Waals surface area contributed by atoms with Crippen molar-refractivity contribution in [1.82, 2.24) is 5.32 Å². The summed E-state index contributed by atoms with van der Waals surface area (Å²) in [6.45, 7) is 0.969. The Kier molecular flexibility index (Phi) is 4.85. The fourth-order valence-corrected chi connectivity index (χ4v) is 1.96. The van der Waals surface area contributed by atoms with Gasteiger partial charge in [0.2, 0.25) is 0 Å². The van der Waals surface area contributed by atoms with E-state index in [9.17, 15) is 13.2 Å². The van der Waals surface area contributed by atoms with E-state index in [0.717, 1.165) is 29.8 Å². The second-order valence-corrected chi connectivity index (χ2v) is 4.66. The van der Waals surface area contributed by atoms with Crippen LogP contribution >= 0.6 is 0 Å². The maximum absolute atomic E-state index is 12.6. The molecule has 0 aromatic heterocycles. The maximum Gasteiger partial charge on any atom is 0.416 e. The lowest BCUT2D eigenvalue weighted by Gasteiger charge is -2.11. The molecule has 0 amide bonds. The van der Waals surface area contributed by atoms with Crippen LogP contribution in [0.15, 0.2) is 48.5 Å². The minimum Gasteiger partial charge on any atom is -0.489 e. The molecule has 0 heterocycles. The van der Waals surface area contributed by atoms with E-state index in [1.54, 1.807) is 0 Å². The lowest BCUT2D eigenvalue weighted by atomic mass is 10.1. The van der Waals surface area contributed by atoms with Crippen LogP contribution in [0.4, 0.5) is 13.2 Å². The van der Waals surface area contributed by atoms with Gasteiger partial charge in [-0.15, -0.1) is 0 Å². The van der Waals surface area contributed by atoms with E-state index in [2.05, 4.69) is 5.32 Å². The zero-order chi connectivity index (χ0) is 15.3. The quantitative estimate of drug-likeness (QED) is 0.900. The lowest BCUT2D eigenvalue weighted by Crippen LogP contribution is -2.06. The fraction of sp³-hybridized carbons (Fsp3) is 0.250. The van der Waals surface area contributed by atoms with Gasteiger partial charge in [-0.2, -0.15) is 13.2 Å². The molecule has 0 spiro atoms. The van der Waals surface area contributed by atoms with Gasteiger partial charge >= 0.3 is 6.18 Å². The Labute approximate surface area is 121 Å². The Morgan fingerprint density at radius 3 is 2.43 bits per heavy atom. The average Bonchev–Trinajstić information content (AvgIpc) is 2.45. The number of alkyl halides is 3. The molecular formula is C16H16F3NO. The molecule has 2 nitrogen and oxygen atoms in total. The molecule has 2 rings (SSSR count). The predicted octanol–water partition coefficient (Wildman–Crippen LogP) is 4.00. The third kappa shape index (κ3) is 4.49. The highest BCUT2D eigenvalue weighted by molar-refractivity contribution is 5.31. The summed E-state index contributed by atoms with van der Waals surface area (Å²) in [5, 5.41) is 3.04. The Morgan fingerprint density at radius 1 is 1.00 bits per heavy atom. The van der Waals surface area contributed by atoms with Crippen LogP contribution < -0.4 is 10.1 Å². The van der Waals surface area contributed by atoms with Crippen LogP contribution in [0.2, 0.25) is 0 Å². The highest BCUT2D eigenvalue weighted by Gasteiger charge is 2.30. The van der Waals surface area contributed by atoms with Gasteiger partial charge in [0.15, 0.2) is 0 Å². The summed E-state index contributed by atoms with van der Waals surface area (Å²) in [6.07, 6.45) is -4.36. The zero-order valence-corrected chi connectivity index (χ0v) is 11.6. The molecule has 0 bridgehead atoms. The van der Waals surface area contributed by atoms with Crippen LogP contribution in [-0.4, -0.2) is 7.05 Å². The van der Waals surface area contributed by atoms with Crippen LogP contribution in [0.5, 0.6) is 5.75 Å². The summed E-state index contributed by atoms with van der Waals surface area (Å²) in [7, 11) is 1.85. The smallest absolute Gasteiger partial charge is 0.416 e. The maximum atomic E-state index is 12.6. The van der Waals surface area contributed by atoms with Crippen LogP contribution in [0, 0.1) is 0 Å². The van der Waals surface area contributed by atoms with E-state index in [1.165, 1.54) is 12.1 Å². The number of hydrogen-bond acceptors (Lipinski definition) is 2. The highest BCUT2D eigenvalue weighted by atomic mass is 19.4. The number of halogens is 3. The predicted molar refractivity (Wildman–Crippen MR) is 75.0 cm³/mol. The standard InChI is InChI=1S/C16H16F3NO/c1-20-10-12-4-2-5-13(8-12)11-21-15-7-3-6-14(9-15)16(17,18)19/h2-9,20H,10-11H2,1H3. The van der Waals surface area contributed by atoms with Crippen molar-refractivity contribution in [2.24, 2.45) is 0 Å². The normalized spacial score (nSPS) is 11.4. The second-order valence-electron chi connectivity index (χ2n) is 4.66. The number of hydrogen-bond donors (Lipinski definition) is 1. The van der Waals surface area contributed by atoms with E-state index in [0.29, 0.717) is 0 Å². The first-order valence-corrected chi connectivity index (χ1v) is 6.51. The molecule has 0 radical (unpaired) electrons. The Hall–Kier alpha value is -2.01. The Bertz CT molecular complexity index is 596. The molecule has 2 aromatic carbocycles. The topological polar surface area (TPSA) is 21.3 Å². The molecule has 0 aliphatic carbocycles. The summed E-state index contributed by atoms with van der Waals surface area (Å²) in [5.41, 5.74) is 1.31. The van der Waals surface area contributed by atoms with E-state index in [4.69, 9.17) is 4.74 Å². The summed E-state index contributed by atoms with van der Waals surface area (Å²) < 4.78 is 43.3. The fourth-order valence-electron chi connectivity index (χ4n) is 1.96. The summed E-state index contributed by atoms with van der Waals surface area (Å²) >= 11 is 0. The summed E-state index contributed by atoms with van der Waals surface area (Å²) in [6, 6.07) is 12.6. The third-order valence-corrected chi connectivity index (χ3v) is 2.94. The molecule has 0 aliphatic rings. The highest BCUT2D eigenvalue weighted by Crippen LogP contribution is 2.31. The van der Waals surface area contributed by atoms with Crippen molar-refractivity contribution in [3.05, 3.63) is 65.2 Å². The Morgan fingerprint density at radius 2 is 1.71 bits per heavy atom. The van der Waals surface area contributed by atoms with Crippen LogP contribution in [0.1, 0.15) is 16.7 Å². The van der Waals surface area contributed by atoms with Crippen molar-refractivity contribution in [1.29, 1.82) is 0 Å². The minimum atomic E-state index is -4.36. The average molecular weight is 295 g/mol. The number of nitrogens with one attached hydrogen (secondary N) is 1. The molecule has 1 N–H and O–H groups in total. The van der Waals surface area contributed by atoms with Gasteiger partial charge in [-0.05, 0) is 36.4 Å². The first-order valence-electron chi connectivity index (χ1n) is 6.51. The molecule has 0 atom stereocenters. The molecule has 0 saturated carbocycles. The van der Waals surface area contributed by atoms with Crippen molar-refractivity contribution in [3.8, 4) is 5.75 Å². The van der Waals surface area contributed by atoms with Gasteiger partial charge in [-0.1, -0.05) is 30.3 Å². The first-order chi connectivity index (χ1) is 9.99. The minimum absolute atomic E-state index is 0.212. The first kappa shape index (κ1) is 15.4. The van der Waals surface area contributed by atoms with Gasteiger partial charge in [0.1, 0.15) is 12.4 Å². The van der Waals surface area contributed by atoms with Gasteiger partial charge in [-0.25, -0.2) is 0 Å². The van der Waals surface area contributed by atoms with Crippen molar-refractivity contribution < 1.29 is 17.9 Å². The largest absolute Gasteiger partial charge is 0.489 e. The molecule has 2 aromatic rings. The van der Waals surface area contributed by atoms with Gasteiger partial charge in [0.25, 0.3) is 0 Å². The summed E-state index contributed by atoms with van der Waals surface area (Å²) in [4.78, 5) is 0. The molecule has 21 heavy (non-hydrogen) atoms. The van der Waals surface area contributed by atoms with E-state index in [1.807, 2.05) is 31.3 Å². The molecule has 0 fully saturated rings. The van der Waals surface area contributed by atoms with Crippen molar-refractivity contribution in [3.63, 3.8) is 0 Å². The monoisotopic (exact) mass is 295 g/mol. The SMILES string of the molecule is CNCc1cccc(COc2cccc(C(F)(F)F)c2)c1. The van der Waals surface area contributed by atoms with E-state index < -0.39 is 11.7 Å². The molecule has 0 saturated heterocycles. The number of rotatable bonds is 5. The number of benzene rings is 2. The van der Waals surface area contributed by atoms with Crippen molar-refractivity contribution in [2.75, 3.05) is 7.05 Å². The van der Waals surface area contributed by atoms with E-state index in [-0.39, 0.29) is 12.4 Å². The second kappa shape index (κ2) is 6.63. The van der Waals surface area contributed by atoms with Gasteiger partial charge in [-0.3, -0.25) is 0 Å². The Balaban J connectivity index is 2.04. The molecule has 112 valence electrons. The molecule has 5 heteroatoms. The van der Waals surface area contributed by atoms with E-state index >= 15 is 0 Å². The van der Waals surface area contributed by atoms with Crippen molar-refractivity contribution >= 4 is 0 Å². The van der Waals surface area contributed by atoms with Crippen LogP contribution in [-0.2, 0) is 19.3 Å². The van der Waals surface area contributed by atoms with Gasteiger partial charge in [0, 0.05) is 6.54 Å². The third-order valence-electron chi connectivity index (χ3n) is 2.94. The van der Waals surface area contributed by atoms with Crippen molar-refractivity contribution in [2.45, 2.75) is 19.3 Å². The molecular weight excluding hydrogens is 279 g/mol. The lowest BCUT2D eigenvalue weighted by molar-refractivity contribution is -0.137. The molecule has 0 aliphatic heterocycles. The van der Waals surface area contributed by atoms with Crippen LogP contribution in [0.3, 0.4) is 0 Å². The number of ether oxygens (including phenoxy) is 1. The van der Waals surface area contributed by atoms with Gasteiger partial charge in [0.05, 0.1) is 5.56 Å². The summed E-state index contributed by atoms with van der Waals surface area (Å²) in [5.74, 6) is 0.212. The molecule has 0 unspecified atom stereocenters. The van der Waals surface area contributed by atoms with Gasteiger partial charge < -0.3 is 10.1 Å².